The van der Waals surface area contributed by atoms with Gasteiger partial charge in [-0.15, -0.1) is 0 Å². The summed E-state index contributed by atoms with van der Waals surface area (Å²) < 4.78 is 5.95. The van der Waals surface area contributed by atoms with Gasteiger partial charge in [0, 0.05) is 29.1 Å². The molecule has 3 N–H and O–H groups in total. The first-order valence-corrected chi connectivity index (χ1v) is 9.60. The van der Waals surface area contributed by atoms with Crippen LogP contribution in [-0.4, -0.2) is 52.0 Å². The number of aldehydes is 1. The van der Waals surface area contributed by atoms with Crippen molar-refractivity contribution in [3.05, 3.63) is 12.2 Å². The van der Waals surface area contributed by atoms with Gasteiger partial charge in [-0.3, -0.25) is 4.79 Å². The van der Waals surface area contributed by atoms with Crippen molar-refractivity contribution >= 4 is 12.1 Å². The Morgan fingerprint density at radius 2 is 2.04 bits per heavy atom. The van der Waals surface area contributed by atoms with Gasteiger partial charge in [0.1, 0.15) is 6.29 Å². The van der Waals surface area contributed by atoms with E-state index >= 15 is 0 Å². The molecule has 1 heterocycles. The molecule has 5 fully saturated rings. The molecule has 5 aliphatic rings. The zero-order valence-electron chi connectivity index (χ0n) is 15.0. The minimum absolute atomic E-state index is 0.115. The molecule has 5 rings (SSSR count). The van der Waals surface area contributed by atoms with E-state index in [1.54, 1.807) is 0 Å². The lowest BCUT2D eigenvalue weighted by molar-refractivity contribution is -0.292. The molecule has 4 saturated carbocycles. The van der Waals surface area contributed by atoms with Crippen LogP contribution in [0.4, 0.5) is 0 Å². The van der Waals surface area contributed by atoms with Gasteiger partial charge in [0.2, 0.25) is 0 Å². The van der Waals surface area contributed by atoms with E-state index in [0.29, 0.717) is 0 Å². The van der Waals surface area contributed by atoms with Crippen molar-refractivity contribution in [3.8, 4) is 0 Å². The summed E-state index contributed by atoms with van der Waals surface area (Å²) in [5, 5.41) is 33.7. The van der Waals surface area contributed by atoms with E-state index in [2.05, 4.69) is 6.58 Å². The summed E-state index contributed by atoms with van der Waals surface area (Å²) in [6.45, 7) is 6.03. The summed E-state index contributed by atoms with van der Waals surface area (Å²) in [5.74, 6) is -3.39. The average molecular weight is 362 g/mol. The number of ether oxygens (including phenoxy) is 1. The number of rotatable bonds is 1. The number of aliphatic hydroxyl groups is 3. The van der Waals surface area contributed by atoms with Crippen LogP contribution in [0.3, 0.4) is 0 Å². The van der Waals surface area contributed by atoms with Crippen LogP contribution in [0.1, 0.15) is 39.0 Å². The van der Waals surface area contributed by atoms with E-state index in [0.717, 1.165) is 25.5 Å². The molecule has 0 aromatic carbocycles. The van der Waals surface area contributed by atoms with Crippen molar-refractivity contribution in [3.63, 3.8) is 0 Å². The Hall–Kier alpha value is -1.08. The van der Waals surface area contributed by atoms with Crippen LogP contribution in [0.2, 0.25) is 0 Å². The Bertz CT molecular complexity index is 734. The number of carbonyl (C=O) groups excluding carboxylic acids is 2. The van der Waals surface area contributed by atoms with Gasteiger partial charge >= 0.3 is 0 Å². The highest BCUT2D eigenvalue weighted by Gasteiger charge is 2.83. The average Bonchev–Trinajstić information content (AvgIpc) is 2.96. The fourth-order valence-electron chi connectivity index (χ4n) is 7.78. The van der Waals surface area contributed by atoms with E-state index in [9.17, 15) is 24.9 Å². The molecule has 0 aromatic heterocycles. The Balaban J connectivity index is 1.77. The molecular weight excluding hydrogens is 336 g/mol. The lowest BCUT2D eigenvalue weighted by atomic mass is 9.39. The molecule has 9 atom stereocenters. The molecule has 0 unspecified atom stereocenters. The quantitative estimate of drug-likeness (QED) is 0.466. The third-order valence-electron chi connectivity index (χ3n) is 8.74. The van der Waals surface area contributed by atoms with Crippen LogP contribution < -0.4 is 0 Å². The van der Waals surface area contributed by atoms with Gasteiger partial charge in [0.15, 0.2) is 11.6 Å². The maximum absolute atomic E-state index is 13.3. The highest BCUT2D eigenvalue weighted by atomic mass is 16.6. The molecule has 1 saturated heterocycles. The van der Waals surface area contributed by atoms with Crippen LogP contribution in [0.25, 0.3) is 0 Å². The summed E-state index contributed by atoms with van der Waals surface area (Å²) in [5.41, 5.74) is -2.40. The molecule has 6 nitrogen and oxygen atoms in total. The number of ketones is 1. The molecule has 0 radical (unpaired) electrons. The van der Waals surface area contributed by atoms with E-state index < -0.39 is 46.1 Å². The summed E-state index contributed by atoms with van der Waals surface area (Å²) >= 11 is 0. The Kier molecular flexibility index (Phi) is 3.06. The third kappa shape index (κ3) is 1.49. The minimum Gasteiger partial charge on any atom is -0.392 e. The molecule has 0 amide bonds. The Labute approximate surface area is 152 Å². The highest BCUT2D eigenvalue weighted by molar-refractivity contribution is 6.04. The minimum atomic E-state index is -1.57. The Morgan fingerprint density at radius 1 is 1.31 bits per heavy atom. The smallest absolute Gasteiger partial charge is 0.170 e. The highest BCUT2D eigenvalue weighted by Crippen LogP contribution is 2.75. The lowest BCUT2D eigenvalue weighted by Gasteiger charge is -2.64. The SMILES string of the molecule is C=C1C(=O)[C@]23[C@H](O)C[C@H]4[C@]5(CCC[C@]4(C)C=O)CO[C@](O)(C[C@@H]1[C@@H]2O)[C@@H]53. The molecule has 2 spiro atoms. The number of Topliss-reactive ketones (excluding diaryl/α,β-unsaturated/α-hetero) is 1. The van der Waals surface area contributed by atoms with Crippen LogP contribution in [0.15, 0.2) is 12.2 Å². The predicted molar refractivity (Wildman–Crippen MR) is 89.7 cm³/mol. The standard InChI is InChI=1S/C20H26O6/c1-10-11-7-19(25)16-18(9-26-19)5-3-4-17(2,8-21)12(18)6-13(22)20(16,14(10)23)15(11)24/h8,11-13,15-16,22,24-25H,1,3-7,9H2,2H3/t11-,12+,13+,15-,16+,17+,18-,19+,20+/m0/s1. The van der Waals surface area contributed by atoms with Gasteiger partial charge in [-0.05, 0) is 30.8 Å². The molecule has 2 bridgehead atoms. The normalized spacial score (nSPS) is 60.5. The number of fused-ring (bicyclic) bond motifs is 1. The van der Waals surface area contributed by atoms with Crippen molar-refractivity contribution in [1.82, 2.24) is 0 Å². The second-order valence-corrected chi connectivity index (χ2v) is 9.62. The first-order valence-electron chi connectivity index (χ1n) is 9.60. The van der Waals surface area contributed by atoms with Crippen molar-refractivity contribution in [2.75, 3.05) is 6.61 Å². The van der Waals surface area contributed by atoms with Gasteiger partial charge < -0.3 is 24.9 Å². The number of hydrogen-bond acceptors (Lipinski definition) is 6. The van der Waals surface area contributed by atoms with Crippen LogP contribution in [-0.2, 0) is 14.3 Å². The maximum Gasteiger partial charge on any atom is 0.170 e. The van der Waals surface area contributed by atoms with E-state index in [1.165, 1.54) is 0 Å². The summed E-state index contributed by atoms with van der Waals surface area (Å²) in [6.07, 6.45) is 1.39. The molecule has 6 heteroatoms. The van der Waals surface area contributed by atoms with Crippen molar-refractivity contribution < 1.29 is 29.6 Å². The molecule has 26 heavy (non-hydrogen) atoms. The number of hydrogen-bond donors (Lipinski definition) is 3. The first kappa shape index (κ1) is 17.0. The fraction of sp³-hybridized carbons (Fsp3) is 0.800. The van der Waals surface area contributed by atoms with Gasteiger partial charge in [0.25, 0.3) is 0 Å². The molecule has 0 aromatic rings. The predicted octanol–water partition coefficient (Wildman–Crippen LogP) is 0.584. The second-order valence-electron chi connectivity index (χ2n) is 9.62. The maximum atomic E-state index is 13.3. The topological polar surface area (TPSA) is 104 Å². The van der Waals surface area contributed by atoms with Crippen molar-refractivity contribution in [1.29, 1.82) is 0 Å². The number of carbonyl (C=O) groups is 2. The molecule has 142 valence electrons. The van der Waals surface area contributed by atoms with E-state index in [1.807, 2.05) is 6.92 Å². The van der Waals surface area contributed by atoms with Crippen molar-refractivity contribution in [2.24, 2.45) is 34.0 Å². The fourth-order valence-corrected chi connectivity index (χ4v) is 7.78. The first-order chi connectivity index (χ1) is 12.2. The zero-order valence-corrected chi connectivity index (χ0v) is 15.0. The largest absolute Gasteiger partial charge is 0.392 e. The third-order valence-corrected chi connectivity index (χ3v) is 8.74. The van der Waals surface area contributed by atoms with Crippen LogP contribution in [0.5, 0.6) is 0 Å². The molecule has 1 aliphatic heterocycles. The van der Waals surface area contributed by atoms with E-state index in [4.69, 9.17) is 4.74 Å². The Morgan fingerprint density at radius 3 is 2.73 bits per heavy atom. The van der Waals surface area contributed by atoms with E-state index in [-0.39, 0.29) is 36.7 Å². The summed E-state index contributed by atoms with van der Waals surface area (Å²) in [4.78, 5) is 25.2. The van der Waals surface area contributed by atoms with Gasteiger partial charge in [0.05, 0.1) is 24.2 Å². The van der Waals surface area contributed by atoms with Crippen molar-refractivity contribution in [2.45, 2.75) is 57.0 Å². The molecular formula is C20H26O6. The number of aliphatic hydroxyl groups excluding tert-OH is 2. The summed E-state index contributed by atoms with van der Waals surface area (Å²) in [7, 11) is 0. The van der Waals surface area contributed by atoms with Gasteiger partial charge in [-0.2, -0.15) is 0 Å². The van der Waals surface area contributed by atoms with Crippen LogP contribution >= 0.6 is 0 Å². The zero-order chi connectivity index (χ0) is 18.7. The lowest BCUT2D eigenvalue weighted by Crippen LogP contribution is -2.71. The summed E-state index contributed by atoms with van der Waals surface area (Å²) in [6, 6.07) is 0. The van der Waals surface area contributed by atoms with Crippen LogP contribution in [0, 0.1) is 34.0 Å². The second kappa shape index (κ2) is 4.66. The van der Waals surface area contributed by atoms with Gasteiger partial charge in [-0.1, -0.05) is 19.9 Å². The molecule has 4 aliphatic carbocycles. The van der Waals surface area contributed by atoms with Gasteiger partial charge in [-0.25, -0.2) is 0 Å². The monoisotopic (exact) mass is 362 g/mol.